The van der Waals surface area contributed by atoms with Crippen LogP contribution in [-0.4, -0.2) is 18.6 Å². The molecule has 1 heterocycles. The van der Waals surface area contributed by atoms with Gasteiger partial charge in [-0.2, -0.15) is 0 Å². The van der Waals surface area contributed by atoms with Gasteiger partial charge in [0.1, 0.15) is 0 Å². The van der Waals surface area contributed by atoms with E-state index in [9.17, 15) is 0 Å². The van der Waals surface area contributed by atoms with Gasteiger partial charge in [0, 0.05) is 0 Å². The lowest BCUT2D eigenvalue weighted by atomic mass is 10.2. The average Bonchev–Trinajstić information content (AvgIpc) is 1.90. The fourth-order valence-electron chi connectivity index (χ4n) is 0.979. The molecular formula is C6H18N2O. The molecule has 0 aromatic heterocycles. The molecule has 0 aromatic rings. The first-order chi connectivity index (χ1) is 3.50. The first-order valence-electron chi connectivity index (χ1n) is 3.21. The zero-order chi connectivity index (χ0) is 4.95. The Balaban J connectivity index is 0. The van der Waals surface area contributed by atoms with Gasteiger partial charge < -0.3 is 16.9 Å². The molecular weight excluding hydrogens is 116 g/mol. The quantitative estimate of drug-likeness (QED) is 0.505. The summed E-state index contributed by atoms with van der Waals surface area (Å²) in [7, 11) is 0. The van der Waals surface area contributed by atoms with Gasteiger partial charge in [-0.15, -0.1) is 0 Å². The maximum Gasteiger partial charge on any atom is -0.00489 e. The summed E-state index contributed by atoms with van der Waals surface area (Å²) in [6.45, 7) is 2.50. The van der Waals surface area contributed by atoms with Gasteiger partial charge in [-0.1, -0.05) is 12.8 Å². The SMILES string of the molecule is C1CCCNCC1.N.O. The Morgan fingerprint density at radius 1 is 0.778 bits per heavy atom. The fraction of sp³-hybridized carbons (Fsp3) is 1.00. The lowest BCUT2D eigenvalue weighted by Gasteiger charge is -1.91. The van der Waals surface area contributed by atoms with Crippen LogP contribution in [0, 0.1) is 0 Å². The highest BCUT2D eigenvalue weighted by Gasteiger charge is 1.94. The minimum atomic E-state index is 0. The Morgan fingerprint density at radius 3 is 1.67 bits per heavy atom. The molecule has 1 saturated heterocycles. The van der Waals surface area contributed by atoms with E-state index in [-0.39, 0.29) is 11.6 Å². The summed E-state index contributed by atoms with van der Waals surface area (Å²) in [4.78, 5) is 0. The Labute approximate surface area is 56.7 Å². The Morgan fingerprint density at radius 2 is 1.22 bits per heavy atom. The lowest BCUT2D eigenvalue weighted by molar-refractivity contribution is 0.702. The van der Waals surface area contributed by atoms with Crippen LogP contribution in [0.15, 0.2) is 0 Å². The van der Waals surface area contributed by atoms with Crippen molar-refractivity contribution in [2.45, 2.75) is 25.7 Å². The molecule has 58 valence electrons. The molecule has 0 aliphatic carbocycles. The summed E-state index contributed by atoms with van der Waals surface area (Å²) in [5, 5.41) is 3.35. The van der Waals surface area contributed by atoms with Crippen molar-refractivity contribution in [3.63, 3.8) is 0 Å². The normalized spacial score (nSPS) is 18.7. The van der Waals surface area contributed by atoms with Crippen molar-refractivity contribution in [1.29, 1.82) is 0 Å². The van der Waals surface area contributed by atoms with Crippen molar-refractivity contribution in [2.75, 3.05) is 13.1 Å². The zero-order valence-electron chi connectivity index (χ0n) is 5.95. The molecule has 0 amide bonds. The molecule has 9 heavy (non-hydrogen) atoms. The highest BCUT2D eigenvalue weighted by atomic mass is 16.0. The zero-order valence-corrected chi connectivity index (χ0v) is 5.95. The van der Waals surface area contributed by atoms with E-state index >= 15 is 0 Å². The average molecular weight is 134 g/mol. The molecule has 1 fully saturated rings. The molecule has 0 radical (unpaired) electrons. The third-order valence-electron chi connectivity index (χ3n) is 1.46. The van der Waals surface area contributed by atoms with E-state index in [2.05, 4.69) is 5.32 Å². The van der Waals surface area contributed by atoms with E-state index in [4.69, 9.17) is 0 Å². The Hall–Kier alpha value is -0.120. The Bertz CT molecular complexity index is 30.7. The summed E-state index contributed by atoms with van der Waals surface area (Å²) in [6.07, 6.45) is 5.65. The molecule has 1 rings (SSSR count). The van der Waals surface area contributed by atoms with Crippen LogP contribution in [0.5, 0.6) is 0 Å². The van der Waals surface area contributed by atoms with Gasteiger partial charge in [0.2, 0.25) is 0 Å². The largest absolute Gasteiger partial charge is 0.412 e. The van der Waals surface area contributed by atoms with Crippen LogP contribution in [0.1, 0.15) is 25.7 Å². The van der Waals surface area contributed by atoms with Crippen molar-refractivity contribution in [3.8, 4) is 0 Å². The second-order valence-corrected chi connectivity index (χ2v) is 2.16. The van der Waals surface area contributed by atoms with Crippen molar-refractivity contribution < 1.29 is 5.48 Å². The monoisotopic (exact) mass is 134 g/mol. The molecule has 0 spiro atoms. The second-order valence-electron chi connectivity index (χ2n) is 2.16. The van der Waals surface area contributed by atoms with Gasteiger partial charge in [-0.05, 0) is 25.9 Å². The van der Waals surface area contributed by atoms with Crippen LogP contribution in [0.3, 0.4) is 0 Å². The smallest absolute Gasteiger partial charge is 0.00489 e. The molecule has 0 saturated carbocycles. The van der Waals surface area contributed by atoms with Gasteiger partial charge in [0.05, 0.1) is 0 Å². The number of rotatable bonds is 0. The van der Waals surface area contributed by atoms with Gasteiger partial charge in [0.15, 0.2) is 0 Å². The molecule has 3 heteroatoms. The predicted molar refractivity (Wildman–Crippen MR) is 40.0 cm³/mol. The van der Waals surface area contributed by atoms with Crippen molar-refractivity contribution in [2.24, 2.45) is 0 Å². The van der Waals surface area contributed by atoms with Crippen LogP contribution in [-0.2, 0) is 0 Å². The number of hydrogen-bond acceptors (Lipinski definition) is 2. The van der Waals surface area contributed by atoms with Gasteiger partial charge in [-0.3, -0.25) is 0 Å². The van der Waals surface area contributed by atoms with Crippen LogP contribution in [0.2, 0.25) is 0 Å². The summed E-state index contributed by atoms with van der Waals surface area (Å²) in [5.74, 6) is 0. The van der Waals surface area contributed by atoms with E-state index in [1.165, 1.54) is 38.8 Å². The molecule has 0 aromatic carbocycles. The van der Waals surface area contributed by atoms with Crippen LogP contribution in [0.25, 0.3) is 0 Å². The lowest BCUT2D eigenvalue weighted by Crippen LogP contribution is -2.12. The molecule has 6 N–H and O–H groups in total. The van der Waals surface area contributed by atoms with E-state index in [1.54, 1.807) is 0 Å². The van der Waals surface area contributed by atoms with E-state index in [0.717, 1.165) is 0 Å². The molecule has 0 atom stereocenters. The van der Waals surface area contributed by atoms with Crippen LogP contribution < -0.4 is 11.5 Å². The van der Waals surface area contributed by atoms with Crippen LogP contribution >= 0.6 is 0 Å². The van der Waals surface area contributed by atoms with Crippen molar-refractivity contribution in [3.05, 3.63) is 0 Å². The van der Waals surface area contributed by atoms with E-state index in [0.29, 0.717) is 0 Å². The van der Waals surface area contributed by atoms with Gasteiger partial charge in [-0.25, -0.2) is 0 Å². The molecule has 1 aliphatic heterocycles. The standard InChI is InChI=1S/C6H13N.H3N.H2O/c1-2-4-6-7-5-3-1;;/h7H,1-6H2;1H3;1H2. The van der Waals surface area contributed by atoms with Crippen LogP contribution in [0.4, 0.5) is 0 Å². The summed E-state index contributed by atoms with van der Waals surface area (Å²) < 4.78 is 0. The number of hydrogen-bond donors (Lipinski definition) is 2. The Kier molecular flexibility index (Phi) is 10.2. The van der Waals surface area contributed by atoms with Gasteiger partial charge >= 0.3 is 0 Å². The molecule has 1 aliphatic rings. The second kappa shape index (κ2) is 7.88. The first kappa shape index (κ1) is 11.6. The molecule has 0 unspecified atom stereocenters. The minimum Gasteiger partial charge on any atom is -0.412 e. The highest BCUT2D eigenvalue weighted by molar-refractivity contribution is 4.54. The highest BCUT2D eigenvalue weighted by Crippen LogP contribution is 2.00. The topological polar surface area (TPSA) is 78.5 Å². The third-order valence-corrected chi connectivity index (χ3v) is 1.46. The summed E-state index contributed by atoms with van der Waals surface area (Å²) >= 11 is 0. The first-order valence-corrected chi connectivity index (χ1v) is 3.21. The molecule has 0 bridgehead atoms. The third kappa shape index (κ3) is 5.76. The summed E-state index contributed by atoms with van der Waals surface area (Å²) in [6, 6.07) is 0. The maximum atomic E-state index is 3.35. The maximum absolute atomic E-state index is 3.35. The van der Waals surface area contributed by atoms with E-state index < -0.39 is 0 Å². The number of nitrogens with one attached hydrogen (secondary N) is 1. The van der Waals surface area contributed by atoms with E-state index in [1.807, 2.05) is 0 Å². The summed E-state index contributed by atoms with van der Waals surface area (Å²) in [5.41, 5.74) is 0. The predicted octanol–water partition coefficient (Wildman–Crippen LogP) is 0.487. The van der Waals surface area contributed by atoms with Crippen molar-refractivity contribution in [1.82, 2.24) is 11.5 Å². The van der Waals surface area contributed by atoms with Gasteiger partial charge in [0.25, 0.3) is 0 Å². The molecule has 3 nitrogen and oxygen atoms in total. The minimum absolute atomic E-state index is 0. The fourth-order valence-corrected chi connectivity index (χ4v) is 0.979. The van der Waals surface area contributed by atoms with Crippen molar-refractivity contribution >= 4 is 0 Å².